The molecule has 20 heteroatoms. The van der Waals surface area contributed by atoms with Gasteiger partial charge in [0.15, 0.2) is 5.82 Å². The van der Waals surface area contributed by atoms with Gasteiger partial charge in [-0.05, 0) is 56.5 Å². The first kappa shape index (κ1) is 40.5. The second kappa shape index (κ2) is 16.1. The Kier molecular flexibility index (Phi) is 11.0. The fraction of sp³-hybridized carbons (Fsp3) is 0.513. The van der Waals surface area contributed by atoms with Crippen molar-refractivity contribution in [1.82, 2.24) is 39.9 Å². The Labute approximate surface area is 339 Å². The van der Waals surface area contributed by atoms with E-state index in [0.29, 0.717) is 87.8 Å². The van der Waals surface area contributed by atoms with Gasteiger partial charge in [0.25, 0.3) is 0 Å². The Morgan fingerprint density at radius 2 is 1.76 bits per heavy atom. The van der Waals surface area contributed by atoms with E-state index < -0.39 is 27.9 Å². The van der Waals surface area contributed by atoms with Crippen LogP contribution < -0.4 is 20.0 Å². The van der Waals surface area contributed by atoms with Crippen molar-refractivity contribution in [3.8, 4) is 0 Å². The number of aromatic nitrogens is 6. The van der Waals surface area contributed by atoms with E-state index in [0.717, 1.165) is 23.3 Å². The summed E-state index contributed by atoms with van der Waals surface area (Å²) >= 11 is 0. The van der Waals surface area contributed by atoms with Crippen molar-refractivity contribution in [2.45, 2.75) is 56.7 Å². The number of piperidine rings is 1. The molecule has 4 aromatic heterocycles. The van der Waals surface area contributed by atoms with Gasteiger partial charge in [0, 0.05) is 93.2 Å². The molecule has 4 aromatic rings. The lowest BCUT2D eigenvalue weighted by atomic mass is 9.91. The minimum atomic E-state index is -4.53. The number of pyridine rings is 2. The third-order valence-electron chi connectivity index (χ3n) is 11.9. The molecular weight excluding hydrogens is 793 g/mol. The average Bonchev–Trinajstić information content (AvgIpc) is 3.71. The number of nitrogens with zero attached hydrogens (tertiary/aromatic N) is 11. The number of halogens is 4. The van der Waals surface area contributed by atoms with Gasteiger partial charge >= 0.3 is 6.18 Å². The Morgan fingerprint density at radius 3 is 2.47 bits per heavy atom. The molecule has 4 saturated heterocycles. The van der Waals surface area contributed by atoms with Gasteiger partial charge in [-0.2, -0.15) is 23.3 Å². The van der Waals surface area contributed by atoms with Crippen LogP contribution in [0.4, 0.5) is 46.8 Å². The van der Waals surface area contributed by atoms with Gasteiger partial charge in [-0.1, -0.05) is 12.6 Å². The Hall–Kier alpha value is -5.24. The molecule has 4 fully saturated rings. The number of hydrogen-bond acceptors (Lipinski definition) is 14. The maximum atomic E-state index is 15.9. The number of hydrogen-bond donors (Lipinski definition) is 1. The number of carbonyl (C=O) groups is 1. The molecule has 0 spiro atoms. The van der Waals surface area contributed by atoms with E-state index >= 15 is 4.39 Å². The molecule has 0 saturated carbocycles. The van der Waals surface area contributed by atoms with Crippen LogP contribution in [-0.4, -0.2) is 137 Å². The van der Waals surface area contributed by atoms with Crippen LogP contribution >= 0.6 is 0 Å². The number of amides is 1. The van der Waals surface area contributed by atoms with Crippen LogP contribution in [0.1, 0.15) is 43.6 Å². The normalized spacial score (nSPS) is 24.3. The van der Waals surface area contributed by atoms with Gasteiger partial charge in [-0.25, -0.2) is 27.8 Å². The van der Waals surface area contributed by atoms with E-state index in [1.807, 2.05) is 17.9 Å². The first-order chi connectivity index (χ1) is 28.2. The van der Waals surface area contributed by atoms with E-state index in [2.05, 4.69) is 37.0 Å². The van der Waals surface area contributed by atoms with Crippen molar-refractivity contribution < 1.29 is 30.8 Å². The first-order valence-electron chi connectivity index (χ1n) is 19.7. The predicted octanol–water partition coefficient (Wildman–Crippen LogP) is 4.43. The zero-order valence-electron chi connectivity index (χ0n) is 32.8. The van der Waals surface area contributed by atoms with Gasteiger partial charge < -0.3 is 24.9 Å². The lowest BCUT2D eigenvalue weighted by Gasteiger charge is -2.47. The molecule has 0 radical (unpaired) electrons. The van der Waals surface area contributed by atoms with Crippen molar-refractivity contribution in [3.63, 3.8) is 0 Å². The highest BCUT2D eigenvalue weighted by Gasteiger charge is 2.41. The smallest absolute Gasteiger partial charge is 0.354 e. The van der Waals surface area contributed by atoms with Crippen LogP contribution in [0.25, 0.3) is 10.8 Å². The maximum Gasteiger partial charge on any atom is 0.433 e. The lowest BCUT2D eigenvalue weighted by molar-refractivity contribution is -0.141. The van der Waals surface area contributed by atoms with E-state index in [1.54, 1.807) is 39.2 Å². The summed E-state index contributed by atoms with van der Waals surface area (Å²) in [5.74, 6) is 1.93. The molecular formula is C39H46F4N12O3S. The van der Waals surface area contributed by atoms with E-state index in [9.17, 15) is 26.4 Å². The summed E-state index contributed by atoms with van der Waals surface area (Å²) in [6, 6.07) is 6.64. The number of rotatable bonds is 10. The van der Waals surface area contributed by atoms with Gasteiger partial charge in [-0.15, -0.1) is 5.10 Å². The summed E-state index contributed by atoms with van der Waals surface area (Å²) < 4.78 is 79.7. The van der Waals surface area contributed by atoms with Crippen LogP contribution in [0.3, 0.4) is 0 Å². The second-order valence-electron chi connectivity index (χ2n) is 15.7. The number of alkyl halides is 4. The molecule has 4 aliphatic rings. The summed E-state index contributed by atoms with van der Waals surface area (Å²) in [7, 11) is -3.16. The minimum Gasteiger partial charge on any atom is -0.354 e. The molecule has 0 bridgehead atoms. The minimum absolute atomic E-state index is 0.0499. The van der Waals surface area contributed by atoms with Crippen molar-refractivity contribution in [2.75, 3.05) is 84.4 Å². The molecule has 8 rings (SSSR count). The zero-order valence-corrected chi connectivity index (χ0v) is 33.6. The van der Waals surface area contributed by atoms with Gasteiger partial charge in [0.1, 0.15) is 39.2 Å². The number of nitrogens with one attached hydrogen (secondary N) is 1. The Morgan fingerprint density at radius 1 is 0.966 bits per heavy atom. The number of likely N-dealkylation sites (tertiary alicyclic amines) is 1. The fourth-order valence-corrected chi connectivity index (χ4v) is 9.95. The van der Waals surface area contributed by atoms with Crippen molar-refractivity contribution in [1.29, 1.82) is 0 Å². The third-order valence-corrected chi connectivity index (χ3v) is 12.9. The molecule has 1 N–H and O–H groups in total. The number of fused-ring (bicyclic) bond motifs is 1. The Balaban J connectivity index is 0.967. The van der Waals surface area contributed by atoms with Crippen LogP contribution in [-0.2, 0) is 20.8 Å². The van der Waals surface area contributed by atoms with Gasteiger partial charge in [0.2, 0.25) is 11.9 Å². The largest absolute Gasteiger partial charge is 0.433 e. The zero-order chi connectivity index (χ0) is 41.6. The van der Waals surface area contributed by atoms with Crippen molar-refractivity contribution >= 4 is 55.7 Å². The quantitative estimate of drug-likeness (QED) is 0.177. The van der Waals surface area contributed by atoms with Gasteiger partial charge in [-0.3, -0.25) is 9.69 Å². The SMILES string of the molecule is C=CC(=O)N1CCCC1c1nnc(N2C[C@H](CS(C)(=O)=O)[C@H]2C)c2cnc(Nc3ccnc(N4CC[C@@H](N5CCN(c6cccc(C(F)(F)F)n6)CC5)[C@@H](F)C4)n3)cc12. The van der Waals surface area contributed by atoms with Crippen LogP contribution in [0.2, 0.25) is 0 Å². The Bertz CT molecular complexity index is 2330. The third kappa shape index (κ3) is 8.46. The standard InChI is InChI=1S/C39H46F4N12O3S/c1-4-35(56)54-13-6-7-30(54)36-26-19-33(45-20-27(26)37(50-49-36)55-21-25(24(55)2)23-59(3,57)58)47-32-10-12-44-38(48-32)53-14-11-29(28(40)22-53)51-15-17-52(18-16-51)34-9-5-8-31(46-34)39(41,42)43/h4-5,8-10,12,19-20,24-25,28-30H,1,6-7,11,13-18,21-23H2,2-3H3,(H,44,45,47,48)/t24-,25-,28+,29-,30?/m1/s1. The highest BCUT2D eigenvalue weighted by atomic mass is 32.2. The number of carbonyl (C=O) groups excluding carboxylic acids is 1. The molecule has 0 aliphatic carbocycles. The molecule has 1 amide bonds. The molecule has 4 aliphatic heterocycles. The van der Waals surface area contributed by atoms with E-state index in [-0.39, 0.29) is 48.1 Å². The summed E-state index contributed by atoms with van der Waals surface area (Å²) in [6.07, 6.45) is 2.09. The van der Waals surface area contributed by atoms with Crippen LogP contribution in [0.15, 0.2) is 55.4 Å². The molecule has 5 atom stereocenters. The summed E-state index contributed by atoms with van der Waals surface area (Å²) in [5, 5.41) is 14.0. The predicted molar refractivity (Wildman–Crippen MR) is 215 cm³/mol. The molecule has 59 heavy (non-hydrogen) atoms. The summed E-state index contributed by atoms with van der Waals surface area (Å²) in [6.45, 7) is 9.15. The summed E-state index contributed by atoms with van der Waals surface area (Å²) in [5.41, 5.74) is -0.311. The number of anilines is 5. The monoisotopic (exact) mass is 838 g/mol. The first-order valence-corrected chi connectivity index (χ1v) is 21.8. The maximum absolute atomic E-state index is 15.9. The summed E-state index contributed by atoms with van der Waals surface area (Å²) in [4.78, 5) is 40.0. The van der Waals surface area contributed by atoms with E-state index in [4.69, 9.17) is 9.97 Å². The average molecular weight is 839 g/mol. The van der Waals surface area contributed by atoms with Crippen molar-refractivity contribution in [3.05, 3.63) is 66.8 Å². The lowest BCUT2D eigenvalue weighted by Crippen LogP contribution is -2.58. The molecule has 0 aromatic carbocycles. The molecule has 1 unspecified atom stereocenters. The van der Waals surface area contributed by atoms with Crippen LogP contribution in [0.5, 0.6) is 0 Å². The van der Waals surface area contributed by atoms with Gasteiger partial charge in [0.05, 0.1) is 24.0 Å². The molecule has 8 heterocycles. The topological polar surface area (TPSA) is 157 Å². The fourth-order valence-electron chi connectivity index (χ4n) is 8.79. The molecule has 15 nitrogen and oxygen atoms in total. The number of piperazine rings is 1. The highest BCUT2D eigenvalue weighted by molar-refractivity contribution is 7.90. The van der Waals surface area contributed by atoms with E-state index in [1.165, 1.54) is 18.4 Å². The second-order valence-corrected chi connectivity index (χ2v) is 17.9. The molecule has 314 valence electrons. The number of sulfone groups is 1. The van der Waals surface area contributed by atoms with Crippen molar-refractivity contribution in [2.24, 2.45) is 5.92 Å². The highest BCUT2D eigenvalue weighted by Crippen LogP contribution is 2.40. The van der Waals surface area contributed by atoms with Crippen LogP contribution in [0, 0.1) is 5.92 Å².